The fourth-order valence-electron chi connectivity index (χ4n) is 5.82. The van der Waals surface area contributed by atoms with Gasteiger partial charge in [0.05, 0.1) is 5.56 Å². The number of fused-ring (bicyclic) bond motifs is 1. The van der Waals surface area contributed by atoms with Crippen LogP contribution in [0, 0.1) is 29.5 Å². The van der Waals surface area contributed by atoms with Crippen LogP contribution < -0.4 is 0 Å². The molecule has 0 spiro atoms. The molecule has 36 heavy (non-hydrogen) atoms. The first kappa shape index (κ1) is 26.5. The Bertz CT molecular complexity index is 1150. The number of hydrogen-bond donors (Lipinski definition) is 0. The van der Waals surface area contributed by atoms with Crippen LogP contribution in [0.5, 0.6) is 0 Å². The predicted octanol–water partition coefficient (Wildman–Crippen LogP) is 10.0. The van der Waals surface area contributed by atoms with Crippen molar-refractivity contribution in [1.82, 2.24) is 0 Å². The minimum Gasteiger partial charge on any atom is -0.205 e. The third kappa shape index (κ3) is 7.46. The molecule has 1 fully saturated rings. The monoisotopic (exact) mass is 482 g/mol. The summed E-state index contributed by atoms with van der Waals surface area (Å²) in [5.74, 6) is 7.82. The molecular formula is C35H43F. The molecule has 0 unspecified atom stereocenters. The highest BCUT2D eigenvalue weighted by Crippen LogP contribution is 2.34. The number of unbranched alkanes of at least 4 members (excludes halogenated alkanes) is 3. The molecule has 0 bridgehead atoms. The van der Waals surface area contributed by atoms with Crippen molar-refractivity contribution in [2.75, 3.05) is 0 Å². The first-order valence-electron chi connectivity index (χ1n) is 14.5. The van der Waals surface area contributed by atoms with Crippen LogP contribution in [-0.4, -0.2) is 0 Å². The molecule has 0 radical (unpaired) electrons. The minimum absolute atomic E-state index is 0.202. The fourth-order valence-corrected chi connectivity index (χ4v) is 5.82. The highest BCUT2D eigenvalue weighted by atomic mass is 19.1. The number of halogens is 1. The standard InChI is InChI=1S/C35H43F/c1-3-5-6-7-9-28-12-16-29(17-13-28)18-19-31-21-25-34-33(26-31)24-23-32(35(34)36)22-20-30-14-10-27(8-4-2)11-15-30/h10-11,14-15,21,23-26,28-29H,3-9,12-13,16-19H2,1-2H3. The van der Waals surface area contributed by atoms with E-state index in [4.69, 9.17) is 0 Å². The van der Waals surface area contributed by atoms with Gasteiger partial charge >= 0.3 is 0 Å². The van der Waals surface area contributed by atoms with Gasteiger partial charge < -0.3 is 0 Å². The molecule has 0 aliphatic heterocycles. The molecule has 0 saturated heterocycles. The van der Waals surface area contributed by atoms with Gasteiger partial charge in [-0.25, -0.2) is 4.39 Å². The van der Waals surface area contributed by atoms with Crippen LogP contribution in [0.25, 0.3) is 10.8 Å². The Morgan fingerprint density at radius 1 is 0.694 bits per heavy atom. The number of hydrogen-bond acceptors (Lipinski definition) is 0. The predicted molar refractivity (Wildman–Crippen MR) is 153 cm³/mol. The van der Waals surface area contributed by atoms with Crippen molar-refractivity contribution in [2.24, 2.45) is 11.8 Å². The molecule has 1 heteroatoms. The summed E-state index contributed by atoms with van der Waals surface area (Å²) in [5, 5.41) is 1.66. The highest BCUT2D eigenvalue weighted by Gasteiger charge is 2.20. The lowest BCUT2D eigenvalue weighted by Gasteiger charge is -2.28. The summed E-state index contributed by atoms with van der Waals surface area (Å²) < 4.78 is 15.2. The van der Waals surface area contributed by atoms with Crippen molar-refractivity contribution in [2.45, 2.75) is 97.3 Å². The molecule has 0 N–H and O–H groups in total. The maximum Gasteiger partial charge on any atom is 0.146 e. The lowest BCUT2D eigenvalue weighted by atomic mass is 9.77. The summed E-state index contributed by atoms with van der Waals surface area (Å²) in [6.07, 6.45) is 17.2. The van der Waals surface area contributed by atoms with Gasteiger partial charge in [-0.15, -0.1) is 0 Å². The first-order valence-corrected chi connectivity index (χ1v) is 14.5. The second-order valence-electron chi connectivity index (χ2n) is 11.0. The van der Waals surface area contributed by atoms with E-state index in [1.54, 1.807) is 0 Å². The van der Waals surface area contributed by atoms with Crippen LogP contribution in [0.2, 0.25) is 0 Å². The molecule has 0 heterocycles. The maximum absolute atomic E-state index is 15.2. The van der Waals surface area contributed by atoms with Crippen molar-refractivity contribution >= 4 is 10.8 Å². The number of rotatable bonds is 10. The topological polar surface area (TPSA) is 0 Å². The molecule has 0 atom stereocenters. The molecular weight excluding hydrogens is 439 g/mol. The zero-order valence-electron chi connectivity index (χ0n) is 22.4. The molecule has 1 saturated carbocycles. The molecule has 3 aromatic carbocycles. The van der Waals surface area contributed by atoms with E-state index in [0.29, 0.717) is 10.9 Å². The lowest BCUT2D eigenvalue weighted by molar-refractivity contribution is 0.249. The van der Waals surface area contributed by atoms with Crippen LogP contribution in [0.3, 0.4) is 0 Å². The van der Waals surface area contributed by atoms with Gasteiger partial charge in [0.25, 0.3) is 0 Å². The lowest BCUT2D eigenvalue weighted by Crippen LogP contribution is -2.15. The Morgan fingerprint density at radius 2 is 1.42 bits per heavy atom. The van der Waals surface area contributed by atoms with E-state index in [1.807, 2.05) is 30.3 Å². The second-order valence-corrected chi connectivity index (χ2v) is 11.0. The maximum atomic E-state index is 15.2. The number of aryl methyl sites for hydroxylation is 2. The van der Waals surface area contributed by atoms with Gasteiger partial charge in [0.1, 0.15) is 5.82 Å². The second kappa shape index (κ2) is 13.6. The first-order chi connectivity index (χ1) is 17.7. The van der Waals surface area contributed by atoms with Gasteiger partial charge in [-0.2, -0.15) is 0 Å². The van der Waals surface area contributed by atoms with Crippen molar-refractivity contribution in [1.29, 1.82) is 0 Å². The summed E-state index contributed by atoms with van der Waals surface area (Å²) in [5.41, 5.74) is 4.05. The third-order valence-corrected chi connectivity index (χ3v) is 8.13. The average Bonchev–Trinajstić information content (AvgIpc) is 2.91. The van der Waals surface area contributed by atoms with Crippen molar-refractivity contribution < 1.29 is 4.39 Å². The van der Waals surface area contributed by atoms with Crippen molar-refractivity contribution in [3.8, 4) is 11.8 Å². The molecule has 190 valence electrons. The van der Waals surface area contributed by atoms with E-state index in [-0.39, 0.29) is 5.82 Å². The molecule has 0 amide bonds. The Balaban J connectivity index is 1.31. The summed E-state index contributed by atoms with van der Waals surface area (Å²) >= 11 is 0. The van der Waals surface area contributed by atoms with Gasteiger partial charge in [-0.1, -0.05) is 126 Å². The van der Waals surface area contributed by atoms with Crippen LogP contribution >= 0.6 is 0 Å². The quantitative estimate of drug-likeness (QED) is 0.199. The van der Waals surface area contributed by atoms with E-state index in [1.165, 1.54) is 75.3 Å². The highest BCUT2D eigenvalue weighted by molar-refractivity contribution is 5.85. The summed E-state index contributed by atoms with van der Waals surface area (Å²) in [6.45, 7) is 4.47. The summed E-state index contributed by atoms with van der Waals surface area (Å²) in [7, 11) is 0. The summed E-state index contributed by atoms with van der Waals surface area (Å²) in [6, 6.07) is 18.4. The van der Waals surface area contributed by atoms with E-state index in [2.05, 4.69) is 50.0 Å². The van der Waals surface area contributed by atoms with Crippen LogP contribution in [-0.2, 0) is 12.8 Å². The van der Waals surface area contributed by atoms with Gasteiger partial charge in [0, 0.05) is 10.9 Å². The largest absolute Gasteiger partial charge is 0.205 e. The Hall–Kier alpha value is -2.59. The van der Waals surface area contributed by atoms with Crippen molar-refractivity contribution in [3.63, 3.8) is 0 Å². The van der Waals surface area contributed by atoms with E-state index in [0.717, 1.165) is 42.0 Å². The Kier molecular flexibility index (Phi) is 10.0. The van der Waals surface area contributed by atoms with Gasteiger partial charge in [0.2, 0.25) is 0 Å². The van der Waals surface area contributed by atoms with Crippen LogP contribution in [0.1, 0.15) is 107 Å². The Morgan fingerprint density at radius 3 is 2.14 bits per heavy atom. The minimum atomic E-state index is -0.202. The smallest absolute Gasteiger partial charge is 0.146 e. The zero-order valence-corrected chi connectivity index (χ0v) is 22.4. The zero-order chi connectivity index (χ0) is 25.2. The van der Waals surface area contributed by atoms with E-state index < -0.39 is 0 Å². The van der Waals surface area contributed by atoms with Crippen LogP contribution in [0.15, 0.2) is 54.6 Å². The molecule has 0 aromatic heterocycles. The molecule has 3 aromatic rings. The summed E-state index contributed by atoms with van der Waals surface area (Å²) in [4.78, 5) is 0. The normalized spacial score (nSPS) is 17.6. The SMILES string of the molecule is CCCCCCC1CCC(CCc2ccc3c(F)c(C#Cc4ccc(CCC)cc4)ccc3c2)CC1. The van der Waals surface area contributed by atoms with Crippen LogP contribution in [0.4, 0.5) is 4.39 Å². The number of benzene rings is 3. The van der Waals surface area contributed by atoms with Gasteiger partial charge in [-0.3, -0.25) is 0 Å². The van der Waals surface area contributed by atoms with Gasteiger partial charge in [-0.05, 0) is 65.8 Å². The molecule has 0 nitrogen and oxygen atoms in total. The molecule has 1 aliphatic carbocycles. The van der Waals surface area contributed by atoms with E-state index >= 15 is 4.39 Å². The Labute approximate surface area is 218 Å². The van der Waals surface area contributed by atoms with Gasteiger partial charge in [0.15, 0.2) is 0 Å². The fraction of sp³-hybridized carbons (Fsp3) is 0.486. The molecule has 1 aliphatic rings. The molecule has 4 rings (SSSR count). The average molecular weight is 483 g/mol. The third-order valence-electron chi connectivity index (χ3n) is 8.13. The van der Waals surface area contributed by atoms with E-state index in [9.17, 15) is 0 Å². The van der Waals surface area contributed by atoms with Crippen molar-refractivity contribution in [3.05, 3.63) is 82.7 Å².